The normalized spacial score (nSPS) is 13.1. The summed E-state index contributed by atoms with van der Waals surface area (Å²) in [6.45, 7) is 1.98. The van der Waals surface area contributed by atoms with Gasteiger partial charge < -0.3 is 5.11 Å². The topological polar surface area (TPSA) is 71.4 Å². The fraction of sp³-hybridized carbons (Fsp3) is 0.500. The Kier molecular flexibility index (Phi) is 6.02. The fourth-order valence-corrected chi connectivity index (χ4v) is 3.80. The van der Waals surface area contributed by atoms with Crippen LogP contribution in [0.1, 0.15) is 32.6 Å². The van der Waals surface area contributed by atoms with E-state index < -0.39 is 15.8 Å². The minimum absolute atomic E-state index is 0.0228. The van der Waals surface area contributed by atoms with Crippen LogP contribution in [0.3, 0.4) is 0 Å². The summed E-state index contributed by atoms with van der Waals surface area (Å²) in [6.07, 6.45) is 2.03. The number of hydrogen-bond donors (Lipinski definition) is 1. The Morgan fingerprint density at radius 3 is 2.37 bits per heavy atom. The number of hydrogen-bond acceptors (Lipinski definition) is 3. The molecule has 0 amide bonds. The Labute approximate surface area is 114 Å². The summed E-state index contributed by atoms with van der Waals surface area (Å²) in [5.41, 5.74) is 0. The highest BCUT2D eigenvalue weighted by Crippen LogP contribution is 2.20. The van der Waals surface area contributed by atoms with Crippen molar-refractivity contribution in [2.24, 2.45) is 5.92 Å². The Balaban J connectivity index is 2.75. The van der Waals surface area contributed by atoms with Crippen LogP contribution in [-0.2, 0) is 14.6 Å². The predicted octanol–water partition coefficient (Wildman–Crippen LogP) is 2.74. The highest BCUT2D eigenvalue weighted by atomic mass is 32.2. The molecule has 0 aliphatic carbocycles. The summed E-state index contributed by atoms with van der Waals surface area (Å²) in [5.74, 6) is -0.942. The molecule has 0 aliphatic rings. The molecule has 0 aromatic heterocycles. The summed E-state index contributed by atoms with van der Waals surface area (Å²) in [5, 5.41) is 8.70. The maximum absolute atomic E-state index is 12.2. The van der Waals surface area contributed by atoms with Crippen LogP contribution in [0.25, 0.3) is 0 Å². The van der Waals surface area contributed by atoms with E-state index in [0.29, 0.717) is 11.3 Å². The third-order valence-electron chi connectivity index (χ3n) is 3.02. The predicted molar refractivity (Wildman–Crippen MR) is 73.8 cm³/mol. The summed E-state index contributed by atoms with van der Waals surface area (Å²) < 4.78 is 24.4. The van der Waals surface area contributed by atoms with Gasteiger partial charge in [-0.15, -0.1) is 0 Å². The van der Waals surface area contributed by atoms with Crippen molar-refractivity contribution in [2.45, 2.75) is 37.5 Å². The third kappa shape index (κ3) is 5.42. The summed E-state index contributed by atoms with van der Waals surface area (Å²) in [7, 11) is -3.32. The first-order valence-corrected chi connectivity index (χ1v) is 8.10. The Morgan fingerprint density at radius 2 is 1.84 bits per heavy atom. The van der Waals surface area contributed by atoms with Gasteiger partial charge >= 0.3 is 5.97 Å². The lowest BCUT2D eigenvalue weighted by Crippen LogP contribution is -2.17. The van der Waals surface area contributed by atoms with Crippen LogP contribution in [-0.4, -0.2) is 25.2 Å². The van der Waals surface area contributed by atoms with Gasteiger partial charge in [0.1, 0.15) is 0 Å². The molecular weight excluding hydrogens is 264 g/mol. The molecule has 4 nitrogen and oxygen atoms in total. The molecule has 5 heteroatoms. The zero-order chi connectivity index (χ0) is 14.3. The van der Waals surface area contributed by atoms with E-state index in [1.54, 1.807) is 30.3 Å². The molecule has 0 aliphatic heterocycles. The first-order chi connectivity index (χ1) is 8.95. The second-order valence-electron chi connectivity index (χ2n) is 4.68. The van der Waals surface area contributed by atoms with Gasteiger partial charge in [-0.25, -0.2) is 8.42 Å². The average Bonchev–Trinajstić information content (AvgIpc) is 2.37. The zero-order valence-electron chi connectivity index (χ0n) is 11.1. The first-order valence-electron chi connectivity index (χ1n) is 6.45. The molecule has 0 radical (unpaired) electrons. The lowest BCUT2D eigenvalue weighted by atomic mass is 10.0. The molecule has 0 spiro atoms. The van der Waals surface area contributed by atoms with Crippen molar-refractivity contribution < 1.29 is 18.3 Å². The molecule has 1 atom stereocenters. The van der Waals surface area contributed by atoms with Gasteiger partial charge in [0.25, 0.3) is 0 Å². The molecule has 0 saturated carbocycles. The summed E-state index contributed by atoms with van der Waals surface area (Å²) in [4.78, 5) is 10.9. The molecule has 1 aromatic rings. The lowest BCUT2D eigenvalue weighted by molar-refractivity contribution is -0.137. The van der Waals surface area contributed by atoms with Gasteiger partial charge in [0.15, 0.2) is 9.84 Å². The number of carboxylic acids is 1. The van der Waals surface area contributed by atoms with E-state index in [2.05, 4.69) is 0 Å². The molecule has 0 fully saturated rings. The quantitative estimate of drug-likeness (QED) is 0.796. The largest absolute Gasteiger partial charge is 0.481 e. The molecule has 19 heavy (non-hydrogen) atoms. The highest BCUT2D eigenvalue weighted by molar-refractivity contribution is 7.91. The average molecular weight is 284 g/mol. The highest BCUT2D eigenvalue weighted by Gasteiger charge is 2.21. The van der Waals surface area contributed by atoms with E-state index in [1.165, 1.54) is 0 Å². The number of rotatable bonds is 8. The molecule has 1 aromatic carbocycles. The van der Waals surface area contributed by atoms with Gasteiger partial charge in [-0.1, -0.05) is 31.5 Å². The van der Waals surface area contributed by atoms with E-state index in [-0.39, 0.29) is 18.1 Å². The second kappa shape index (κ2) is 7.28. The summed E-state index contributed by atoms with van der Waals surface area (Å²) >= 11 is 0. The SMILES string of the molecule is CCC[C@@H](CCC(=O)O)CS(=O)(=O)c1ccccc1. The Morgan fingerprint density at radius 1 is 1.21 bits per heavy atom. The molecule has 0 heterocycles. The van der Waals surface area contributed by atoms with Crippen molar-refractivity contribution in [3.8, 4) is 0 Å². The number of carbonyl (C=O) groups is 1. The van der Waals surface area contributed by atoms with Crippen LogP contribution in [0, 0.1) is 5.92 Å². The van der Waals surface area contributed by atoms with E-state index in [1.807, 2.05) is 6.92 Å². The van der Waals surface area contributed by atoms with Gasteiger partial charge in [0.05, 0.1) is 10.6 Å². The zero-order valence-corrected chi connectivity index (χ0v) is 11.9. The number of benzene rings is 1. The van der Waals surface area contributed by atoms with Crippen molar-refractivity contribution in [1.29, 1.82) is 0 Å². The van der Waals surface area contributed by atoms with Gasteiger partial charge in [-0.05, 0) is 30.9 Å². The lowest BCUT2D eigenvalue weighted by Gasteiger charge is -2.15. The van der Waals surface area contributed by atoms with E-state index in [9.17, 15) is 13.2 Å². The molecule has 1 N–H and O–H groups in total. The molecule has 0 saturated heterocycles. The fourth-order valence-electron chi connectivity index (χ4n) is 2.08. The van der Waals surface area contributed by atoms with Crippen LogP contribution in [0.15, 0.2) is 35.2 Å². The van der Waals surface area contributed by atoms with Crippen LogP contribution in [0.4, 0.5) is 0 Å². The third-order valence-corrected chi connectivity index (χ3v) is 4.92. The summed E-state index contributed by atoms with van der Waals surface area (Å²) in [6, 6.07) is 8.32. The Bertz CT molecular complexity index is 493. The maximum Gasteiger partial charge on any atom is 0.303 e. The van der Waals surface area contributed by atoms with Crippen molar-refractivity contribution in [2.75, 3.05) is 5.75 Å². The van der Waals surface area contributed by atoms with Crippen molar-refractivity contribution in [3.63, 3.8) is 0 Å². The maximum atomic E-state index is 12.2. The van der Waals surface area contributed by atoms with Crippen LogP contribution < -0.4 is 0 Å². The monoisotopic (exact) mass is 284 g/mol. The Hall–Kier alpha value is -1.36. The second-order valence-corrected chi connectivity index (χ2v) is 6.72. The van der Waals surface area contributed by atoms with Gasteiger partial charge in [-0.2, -0.15) is 0 Å². The van der Waals surface area contributed by atoms with Gasteiger partial charge in [0, 0.05) is 6.42 Å². The van der Waals surface area contributed by atoms with E-state index >= 15 is 0 Å². The van der Waals surface area contributed by atoms with Crippen LogP contribution in [0.5, 0.6) is 0 Å². The number of carboxylic acid groups (broad SMARTS) is 1. The standard InChI is InChI=1S/C14H20O4S/c1-2-6-12(9-10-14(15)16)11-19(17,18)13-7-4-3-5-8-13/h3-5,7-8,12H,2,6,9-11H2,1H3,(H,15,16)/t12-/m0/s1. The van der Waals surface area contributed by atoms with Gasteiger partial charge in [0.2, 0.25) is 0 Å². The molecular formula is C14H20O4S. The molecule has 1 rings (SSSR count). The van der Waals surface area contributed by atoms with E-state index in [4.69, 9.17) is 5.11 Å². The van der Waals surface area contributed by atoms with Crippen molar-refractivity contribution in [1.82, 2.24) is 0 Å². The van der Waals surface area contributed by atoms with Crippen molar-refractivity contribution in [3.05, 3.63) is 30.3 Å². The molecule has 0 unspecified atom stereocenters. The first kappa shape index (κ1) is 15.7. The van der Waals surface area contributed by atoms with Crippen molar-refractivity contribution >= 4 is 15.8 Å². The van der Waals surface area contributed by atoms with E-state index in [0.717, 1.165) is 12.8 Å². The number of sulfone groups is 1. The minimum atomic E-state index is -3.32. The molecule has 106 valence electrons. The smallest absolute Gasteiger partial charge is 0.303 e. The minimum Gasteiger partial charge on any atom is -0.481 e. The molecule has 0 bridgehead atoms. The van der Waals surface area contributed by atoms with Gasteiger partial charge in [-0.3, -0.25) is 4.79 Å². The number of aliphatic carboxylic acids is 1. The van der Waals surface area contributed by atoms with Crippen LogP contribution >= 0.6 is 0 Å². The van der Waals surface area contributed by atoms with Crippen LogP contribution in [0.2, 0.25) is 0 Å².